The highest BCUT2D eigenvalue weighted by Crippen LogP contribution is 2.12. The van der Waals surface area contributed by atoms with Crippen LogP contribution in [0.2, 0.25) is 0 Å². The van der Waals surface area contributed by atoms with E-state index in [2.05, 4.69) is 0 Å². The smallest absolute Gasteiger partial charge is 0.332 e. The van der Waals surface area contributed by atoms with Gasteiger partial charge in [-0.15, -0.1) is 0 Å². The number of ketones is 1. The van der Waals surface area contributed by atoms with Crippen LogP contribution in [-0.2, 0) is 6.54 Å². The second-order valence-electron chi connectivity index (χ2n) is 4.87. The summed E-state index contributed by atoms with van der Waals surface area (Å²) in [6, 6.07) is 6.58. The zero-order valence-electron chi connectivity index (χ0n) is 11.7. The third-order valence-corrected chi connectivity index (χ3v) is 3.16. The van der Waals surface area contributed by atoms with E-state index in [9.17, 15) is 19.7 Å². The van der Waals surface area contributed by atoms with Gasteiger partial charge in [0.15, 0.2) is 5.78 Å². The van der Waals surface area contributed by atoms with Crippen molar-refractivity contribution in [3.8, 4) is 0 Å². The van der Waals surface area contributed by atoms with Crippen molar-refractivity contribution in [1.82, 2.24) is 4.57 Å². The molecule has 2 aromatic rings. The van der Waals surface area contributed by atoms with E-state index in [-0.39, 0.29) is 12.3 Å². The number of rotatable bonds is 4. The number of nitro groups is 1. The first-order valence-electron chi connectivity index (χ1n) is 6.33. The monoisotopic (exact) mass is 286 g/mol. The van der Waals surface area contributed by atoms with Crippen LogP contribution in [0.5, 0.6) is 0 Å². The van der Waals surface area contributed by atoms with Crippen molar-refractivity contribution in [3.05, 3.63) is 73.7 Å². The second-order valence-corrected chi connectivity index (χ2v) is 4.87. The molecule has 0 aliphatic heterocycles. The average Bonchev–Trinajstić information content (AvgIpc) is 2.40. The van der Waals surface area contributed by atoms with Crippen molar-refractivity contribution in [2.24, 2.45) is 0 Å². The highest BCUT2D eigenvalue weighted by Gasteiger charge is 2.14. The minimum Gasteiger partial charge on any atom is -0.340 e. The third kappa shape index (κ3) is 3.22. The summed E-state index contributed by atoms with van der Waals surface area (Å²) < 4.78 is 1.35. The first-order valence-corrected chi connectivity index (χ1v) is 6.33. The quantitative estimate of drug-likeness (QED) is 0.490. The van der Waals surface area contributed by atoms with Gasteiger partial charge in [0, 0.05) is 17.8 Å². The maximum Gasteiger partial charge on any atom is 0.332 e. The molecule has 0 spiro atoms. The summed E-state index contributed by atoms with van der Waals surface area (Å²) in [5.41, 5.74) is 1.28. The summed E-state index contributed by atoms with van der Waals surface area (Å²) in [7, 11) is 0. The Morgan fingerprint density at radius 3 is 2.62 bits per heavy atom. The first kappa shape index (κ1) is 14.6. The normalized spacial score (nSPS) is 10.4. The van der Waals surface area contributed by atoms with Gasteiger partial charge in [-0.1, -0.05) is 23.8 Å². The molecule has 0 saturated carbocycles. The molecule has 1 aromatic carbocycles. The molecule has 0 bridgehead atoms. The van der Waals surface area contributed by atoms with E-state index in [1.165, 1.54) is 10.8 Å². The Bertz CT molecular complexity index is 777. The Kier molecular flexibility index (Phi) is 3.98. The molecule has 108 valence electrons. The lowest BCUT2D eigenvalue weighted by Crippen LogP contribution is -2.15. The van der Waals surface area contributed by atoms with Crippen molar-refractivity contribution < 1.29 is 9.72 Å². The lowest BCUT2D eigenvalue weighted by atomic mass is 10.0. The van der Waals surface area contributed by atoms with Crippen LogP contribution in [0.1, 0.15) is 21.5 Å². The predicted molar refractivity (Wildman–Crippen MR) is 77.6 cm³/mol. The molecule has 0 fully saturated rings. The Morgan fingerprint density at radius 1 is 1.29 bits per heavy atom. The van der Waals surface area contributed by atoms with Gasteiger partial charge in [-0.2, -0.15) is 0 Å². The Labute approximate surface area is 120 Å². The van der Waals surface area contributed by atoms with Gasteiger partial charge in [0.25, 0.3) is 5.43 Å². The zero-order valence-corrected chi connectivity index (χ0v) is 11.7. The number of aromatic nitrogens is 1. The zero-order chi connectivity index (χ0) is 15.6. The molecule has 0 aliphatic rings. The number of carbonyl (C=O) groups is 1. The Morgan fingerprint density at radius 2 is 2.00 bits per heavy atom. The summed E-state index contributed by atoms with van der Waals surface area (Å²) in [5.74, 6) is -0.162. The largest absolute Gasteiger partial charge is 0.340 e. The van der Waals surface area contributed by atoms with Crippen LogP contribution in [-0.4, -0.2) is 15.3 Å². The van der Waals surface area contributed by atoms with Crippen LogP contribution in [0.15, 0.2) is 41.5 Å². The highest BCUT2D eigenvalue weighted by molar-refractivity contribution is 5.97. The molecule has 0 atom stereocenters. The van der Waals surface area contributed by atoms with Gasteiger partial charge in [0.2, 0.25) is 0 Å². The molecule has 0 radical (unpaired) electrons. The average molecular weight is 286 g/mol. The molecular formula is C15H14N2O4. The summed E-state index contributed by atoms with van der Waals surface area (Å²) >= 11 is 0. The predicted octanol–water partition coefficient (Wildman–Crippen LogP) is 2.26. The fraction of sp³-hybridized carbons (Fsp3) is 0.200. The van der Waals surface area contributed by atoms with E-state index in [0.29, 0.717) is 5.56 Å². The topological polar surface area (TPSA) is 82.2 Å². The van der Waals surface area contributed by atoms with E-state index >= 15 is 0 Å². The summed E-state index contributed by atoms with van der Waals surface area (Å²) in [6.45, 7) is 3.73. The minimum atomic E-state index is -0.750. The third-order valence-electron chi connectivity index (χ3n) is 3.16. The molecule has 21 heavy (non-hydrogen) atoms. The van der Waals surface area contributed by atoms with Crippen molar-refractivity contribution in [1.29, 1.82) is 0 Å². The number of nitrogens with zero attached hydrogens (tertiary/aromatic N) is 2. The van der Waals surface area contributed by atoms with E-state index in [4.69, 9.17) is 0 Å². The number of aryl methyl sites for hydroxylation is 2. The summed E-state index contributed by atoms with van der Waals surface area (Å²) in [5, 5.41) is 10.7. The van der Waals surface area contributed by atoms with Crippen LogP contribution >= 0.6 is 0 Å². The van der Waals surface area contributed by atoms with Crippen molar-refractivity contribution in [2.75, 3.05) is 0 Å². The number of hydrogen-bond donors (Lipinski definition) is 0. The van der Waals surface area contributed by atoms with E-state index in [0.717, 1.165) is 23.4 Å². The molecule has 0 N–H and O–H groups in total. The van der Waals surface area contributed by atoms with Crippen LogP contribution in [0.3, 0.4) is 0 Å². The van der Waals surface area contributed by atoms with Crippen LogP contribution in [0.25, 0.3) is 0 Å². The molecule has 0 amide bonds. The summed E-state index contributed by atoms with van der Waals surface area (Å²) in [6.07, 6.45) is 2.46. The molecule has 1 heterocycles. The number of benzene rings is 1. The van der Waals surface area contributed by atoms with E-state index < -0.39 is 16.0 Å². The lowest BCUT2D eigenvalue weighted by molar-refractivity contribution is -0.386. The Hall–Kier alpha value is -2.76. The lowest BCUT2D eigenvalue weighted by Gasteiger charge is -2.08. The molecule has 6 nitrogen and oxygen atoms in total. The van der Waals surface area contributed by atoms with Crippen molar-refractivity contribution >= 4 is 11.5 Å². The molecule has 0 saturated heterocycles. The maximum atomic E-state index is 12.2. The fourth-order valence-corrected chi connectivity index (χ4v) is 2.13. The molecule has 0 unspecified atom stereocenters. The minimum absolute atomic E-state index is 0.0506. The van der Waals surface area contributed by atoms with Gasteiger partial charge < -0.3 is 4.57 Å². The SMILES string of the molecule is Cc1ccc(C(=O)Cn2ccc(=O)c([N+](=O)[O-])c2)c(C)c1. The number of pyridine rings is 1. The number of hydrogen-bond acceptors (Lipinski definition) is 4. The van der Waals surface area contributed by atoms with Crippen LogP contribution < -0.4 is 5.43 Å². The molecule has 6 heteroatoms. The molecule has 2 rings (SSSR count). The van der Waals surface area contributed by atoms with Gasteiger partial charge in [-0.25, -0.2) is 0 Å². The highest BCUT2D eigenvalue weighted by atomic mass is 16.6. The van der Waals surface area contributed by atoms with Gasteiger partial charge in [0.05, 0.1) is 17.7 Å². The van der Waals surface area contributed by atoms with E-state index in [1.54, 1.807) is 6.07 Å². The summed E-state index contributed by atoms with van der Waals surface area (Å²) in [4.78, 5) is 33.5. The van der Waals surface area contributed by atoms with Crippen molar-refractivity contribution in [3.63, 3.8) is 0 Å². The van der Waals surface area contributed by atoms with Crippen molar-refractivity contribution in [2.45, 2.75) is 20.4 Å². The van der Waals surface area contributed by atoms with Gasteiger partial charge in [-0.05, 0) is 19.4 Å². The van der Waals surface area contributed by atoms with Crippen LogP contribution in [0.4, 0.5) is 5.69 Å². The Balaban J connectivity index is 2.29. The van der Waals surface area contributed by atoms with E-state index in [1.807, 2.05) is 26.0 Å². The van der Waals surface area contributed by atoms with Gasteiger partial charge in [0.1, 0.15) is 0 Å². The number of carbonyl (C=O) groups excluding carboxylic acids is 1. The molecular weight excluding hydrogens is 272 g/mol. The van der Waals surface area contributed by atoms with Gasteiger partial charge in [-0.3, -0.25) is 19.7 Å². The van der Waals surface area contributed by atoms with Gasteiger partial charge >= 0.3 is 5.69 Å². The maximum absolute atomic E-state index is 12.2. The molecule has 0 aliphatic carbocycles. The second kappa shape index (κ2) is 5.70. The number of Topliss-reactive ketones (excluding diaryl/α,β-unsaturated/α-hetero) is 1. The molecule has 1 aromatic heterocycles. The fourth-order valence-electron chi connectivity index (χ4n) is 2.13. The standard InChI is InChI=1S/C15H14N2O4/c1-10-3-4-12(11(2)7-10)15(19)9-16-6-5-14(18)13(8-16)17(20)21/h3-8H,9H2,1-2H3. The first-order chi connectivity index (χ1) is 9.88. The van der Waals surface area contributed by atoms with Crippen LogP contribution in [0, 0.1) is 24.0 Å².